The number of Topliss-reactive ketones (excluding diaryl/α,β-unsaturated/α-hetero) is 1. The summed E-state index contributed by atoms with van der Waals surface area (Å²) >= 11 is 0. The van der Waals surface area contributed by atoms with Gasteiger partial charge in [0.15, 0.2) is 5.78 Å². The number of hydrogen-bond acceptors (Lipinski definition) is 4. The summed E-state index contributed by atoms with van der Waals surface area (Å²) in [5, 5.41) is 3.87. The Labute approximate surface area is 207 Å². The van der Waals surface area contributed by atoms with Crippen LogP contribution in [-0.4, -0.2) is 34.1 Å². The topological polar surface area (TPSA) is 95.2 Å². The van der Waals surface area contributed by atoms with E-state index in [0.717, 1.165) is 66.5 Å². The van der Waals surface area contributed by atoms with E-state index in [1.54, 1.807) is 0 Å². The number of amides is 1. The number of ketones is 1. The Kier molecular flexibility index (Phi) is 7.90. The van der Waals surface area contributed by atoms with Crippen LogP contribution in [0.2, 0.25) is 0 Å². The molecule has 2 unspecified atom stereocenters. The van der Waals surface area contributed by atoms with E-state index in [9.17, 15) is 9.59 Å². The second-order valence-corrected chi connectivity index (χ2v) is 9.54. The maximum atomic E-state index is 13.5. The maximum absolute atomic E-state index is 13.5. The molecule has 0 saturated heterocycles. The Balaban J connectivity index is 1.37. The number of para-hydroxylation sites is 1. The summed E-state index contributed by atoms with van der Waals surface area (Å²) in [5.74, 6) is 1.09. The van der Waals surface area contributed by atoms with Crippen LogP contribution in [-0.2, 0) is 24.8 Å². The summed E-state index contributed by atoms with van der Waals surface area (Å²) in [5.41, 5.74) is 8.64. The normalized spacial score (nSPS) is 16.3. The standard InChI is InChI=1S/C27H37N5O3/c1-19-31(16-17-32(19)20(2)35-27(34)29-15-9-5-4-8-14-28)18-21-12-13-24-25(26(21)33)22-10-6-7-11-23(22)30(24)3/h6-7,10-11,16-17,20-21H,4-5,8-9,12-15,18,28H2,1-3H3/p+1. The molecule has 35 heavy (non-hydrogen) atoms. The molecule has 0 radical (unpaired) electrons. The zero-order valence-electron chi connectivity index (χ0n) is 21.1. The molecule has 3 aromatic rings. The summed E-state index contributed by atoms with van der Waals surface area (Å²) in [6.07, 6.45) is 8.80. The van der Waals surface area contributed by atoms with E-state index in [1.165, 1.54) is 0 Å². The van der Waals surface area contributed by atoms with Crippen LogP contribution in [0.4, 0.5) is 4.79 Å². The molecule has 3 N–H and O–H groups in total. The second-order valence-electron chi connectivity index (χ2n) is 9.54. The fourth-order valence-electron chi connectivity index (χ4n) is 5.23. The number of alkyl carbamates (subject to hydrolysis) is 1. The number of unbranched alkanes of at least 4 members (excludes halogenated alkanes) is 3. The highest BCUT2D eigenvalue weighted by molar-refractivity contribution is 6.11. The van der Waals surface area contributed by atoms with Gasteiger partial charge < -0.3 is 20.4 Å². The van der Waals surface area contributed by atoms with Crippen LogP contribution in [0.1, 0.15) is 67.1 Å². The second kappa shape index (κ2) is 11.1. The number of carbonyl (C=O) groups is 2. The third-order valence-corrected chi connectivity index (χ3v) is 7.26. The van der Waals surface area contributed by atoms with E-state index in [4.69, 9.17) is 10.5 Å². The molecule has 1 aliphatic rings. The first-order chi connectivity index (χ1) is 16.9. The van der Waals surface area contributed by atoms with Crippen molar-refractivity contribution < 1.29 is 18.9 Å². The van der Waals surface area contributed by atoms with Crippen molar-refractivity contribution in [1.29, 1.82) is 0 Å². The highest BCUT2D eigenvalue weighted by atomic mass is 16.6. The number of aryl methyl sites for hydroxylation is 1. The van der Waals surface area contributed by atoms with E-state index >= 15 is 0 Å². The van der Waals surface area contributed by atoms with Crippen molar-refractivity contribution in [1.82, 2.24) is 14.5 Å². The van der Waals surface area contributed by atoms with Gasteiger partial charge in [-0.3, -0.25) is 4.79 Å². The number of carbonyl (C=O) groups excluding carboxylic acids is 2. The first-order valence-electron chi connectivity index (χ1n) is 12.7. The molecule has 0 aliphatic heterocycles. The number of nitrogens with two attached hydrogens (primary N) is 1. The number of nitrogens with one attached hydrogen (secondary N) is 1. The Morgan fingerprint density at radius 1 is 1.26 bits per heavy atom. The van der Waals surface area contributed by atoms with Gasteiger partial charge in [-0.05, 0) is 38.3 Å². The van der Waals surface area contributed by atoms with Crippen LogP contribution >= 0.6 is 0 Å². The van der Waals surface area contributed by atoms with Gasteiger partial charge in [0.1, 0.15) is 18.9 Å². The SMILES string of the molecule is Cc1n(C(C)OC(=O)NCCCCCCN)cc[n+]1CC1CCc2c(c3ccccc3n2C)C1=O. The molecule has 2 aromatic heterocycles. The fourth-order valence-corrected chi connectivity index (χ4v) is 5.23. The van der Waals surface area contributed by atoms with E-state index in [1.807, 2.05) is 56.1 Å². The summed E-state index contributed by atoms with van der Waals surface area (Å²) in [4.78, 5) is 25.7. The third kappa shape index (κ3) is 5.27. The molecule has 8 nitrogen and oxygen atoms in total. The average Bonchev–Trinajstić information content (AvgIpc) is 3.35. The largest absolute Gasteiger partial charge is 0.410 e. The van der Waals surface area contributed by atoms with E-state index in [0.29, 0.717) is 19.6 Å². The van der Waals surface area contributed by atoms with Crippen molar-refractivity contribution in [2.24, 2.45) is 18.7 Å². The van der Waals surface area contributed by atoms with Gasteiger partial charge in [0.25, 0.3) is 5.82 Å². The van der Waals surface area contributed by atoms with Gasteiger partial charge in [-0.2, -0.15) is 4.57 Å². The van der Waals surface area contributed by atoms with Crippen molar-refractivity contribution >= 4 is 22.8 Å². The van der Waals surface area contributed by atoms with Gasteiger partial charge in [-0.15, -0.1) is 0 Å². The molecule has 188 valence electrons. The molecule has 2 atom stereocenters. The molecule has 8 heteroatoms. The smallest absolute Gasteiger partial charge is 0.406 e. The number of ether oxygens (including phenoxy) is 1. The summed E-state index contributed by atoms with van der Waals surface area (Å²) in [6.45, 7) is 5.77. The van der Waals surface area contributed by atoms with Gasteiger partial charge in [0, 0.05) is 49.6 Å². The number of benzene rings is 1. The fraction of sp³-hybridized carbons (Fsp3) is 0.519. The zero-order valence-corrected chi connectivity index (χ0v) is 21.1. The number of imidazole rings is 1. The van der Waals surface area contributed by atoms with Crippen LogP contribution < -0.4 is 15.6 Å². The maximum Gasteiger partial charge on any atom is 0.410 e. The molecule has 2 heterocycles. The van der Waals surface area contributed by atoms with Crippen molar-refractivity contribution in [3.63, 3.8) is 0 Å². The lowest BCUT2D eigenvalue weighted by Crippen LogP contribution is -2.43. The number of nitrogens with zero attached hydrogens (tertiary/aromatic N) is 3. The molecule has 1 aliphatic carbocycles. The van der Waals surface area contributed by atoms with Crippen molar-refractivity contribution in [3.05, 3.63) is 53.7 Å². The third-order valence-electron chi connectivity index (χ3n) is 7.26. The highest BCUT2D eigenvalue weighted by Gasteiger charge is 2.34. The van der Waals surface area contributed by atoms with Crippen LogP contribution in [0.5, 0.6) is 0 Å². The lowest BCUT2D eigenvalue weighted by atomic mass is 9.85. The van der Waals surface area contributed by atoms with Crippen LogP contribution in [0.25, 0.3) is 10.9 Å². The lowest BCUT2D eigenvalue weighted by molar-refractivity contribution is -0.706. The van der Waals surface area contributed by atoms with Gasteiger partial charge in [-0.25, -0.2) is 9.36 Å². The van der Waals surface area contributed by atoms with Crippen molar-refractivity contribution in [3.8, 4) is 0 Å². The van der Waals surface area contributed by atoms with Gasteiger partial charge in [-0.1, -0.05) is 31.0 Å². The highest BCUT2D eigenvalue weighted by Crippen LogP contribution is 2.33. The first kappa shape index (κ1) is 25.0. The van der Waals surface area contributed by atoms with Crippen molar-refractivity contribution in [2.75, 3.05) is 13.1 Å². The van der Waals surface area contributed by atoms with Gasteiger partial charge in [0.2, 0.25) is 6.23 Å². The average molecular weight is 481 g/mol. The summed E-state index contributed by atoms with van der Waals surface area (Å²) in [6, 6.07) is 8.14. The Morgan fingerprint density at radius 3 is 2.83 bits per heavy atom. The quantitative estimate of drug-likeness (QED) is 0.341. The Morgan fingerprint density at radius 2 is 2.03 bits per heavy atom. The number of rotatable bonds is 10. The van der Waals surface area contributed by atoms with E-state index in [2.05, 4.69) is 20.5 Å². The summed E-state index contributed by atoms with van der Waals surface area (Å²) in [7, 11) is 2.05. The minimum Gasteiger partial charge on any atom is -0.406 e. The molecule has 0 bridgehead atoms. The van der Waals surface area contributed by atoms with E-state index < -0.39 is 12.3 Å². The minimum absolute atomic E-state index is 0.0772. The van der Waals surface area contributed by atoms with Crippen molar-refractivity contribution in [2.45, 2.75) is 65.1 Å². The first-order valence-corrected chi connectivity index (χ1v) is 12.7. The molecule has 0 saturated carbocycles. The molecular weight excluding hydrogens is 442 g/mol. The van der Waals surface area contributed by atoms with Gasteiger partial charge in [0.05, 0.1) is 5.92 Å². The van der Waals surface area contributed by atoms with Gasteiger partial charge >= 0.3 is 6.09 Å². The minimum atomic E-state index is -0.444. The van der Waals surface area contributed by atoms with Crippen LogP contribution in [0.3, 0.4) is 0 Å². The Bertz CT molecular complexity index is 1200. The lowest BCUT2D eigenvalue weighted by Gasteiger charge is -2.21. The predicted molar refractivity (Wildman–Crippen MR) is 135 cm³/mol. The number of fused-ring (bicyclic) bond motifs is 3. The molecule has 4 rings (SSSR count). The predicted octanol–water partition coefficient (Wildman–Crippen LogP) is 3.78. The monoisotopic (exact) mass is 480 g/mol. The molecular formula is C27H38N5O3+. The summed E-state index contributed by atoms with van der Waals surface area (Å²) < 4.78 is 11.8. The number of aromatic nitrogens is 3. The number of hydrogen-bond donors (Lipinski definition) is 2. The molecule has 1 aromatic carbocycles. The molecule has 1 amide bonds. The van der Waals surface area contributed by atoms with E-state index in [-0.39, 0.29) is 11.7 Å². The van der Waals surface area contributed by atoms with Crippen LogP contribution in [0, 0.1) is 12.8 Å². The molecule has 0 fully saturated rings. The molecule has 0 spiro atoms. The Hall–Kier alpha value is -3.13. The van der Waals surface area contributed by atoms with Crippen LogP contribution in [0.15, 0.2) is 36.7 Å². The zero-order chi connectivity index (χ0) is 24.9.